The Bertz CT molecular complexity index is 505. The van der Waals surface area contributed by atoms with Crippen LogP contribution in [-0.4, -0.2) is 23.1 Å². The molecule has 0 atom stereocenters. The van der Waals surface area contributed by atoms with Crippen LogP contribution in [-0.2, 0) is 13.1 Å². The zero-order chi connectivity index (χ0) is 13.1. The van der Waals surface area contributed by atoms with Crippen LogP contribution in [0.2, 0.25) is 0 Å². The first kappa shape index (κ1) is 12.2. The molecule has 2 aromatic rings. The molecule has 0 aromatic carbocycles. The number of nitrogens with zero attached hydrogens (tertiary/aromatic N) is 3. The van der Waals surface area contributed by atoms with E-state index in [1.165, 1.54) is 12.8 Å². The van der Waals surface area contributed by atoms with Crippen molar-refractivity contribution in [3.8, 4) is 0 Å². The lowest BCUT2D eigenvalue weighted by Crippen LogP contribution is -2.26. The summed E-state index contributed by atoms with van der Waals surface area (Å²) in [7, 11) is 1.91. The molecule has 1 N–H and O–H groups in total. The molecule has 2 aromatic heterocycles. The number of rotatable bonds is 6. The minimum Gasteiger partial charge on any atom is -0.467 e. The fourth-order valence-electron chi connectivity index (χ4n) is 2.12. The average Bonchev–Trinajstić information content (AvgIpc) is 3.15. The van der Waals surface area contributed by atoms with Crippen molar-refractivity contribution >= 4 is 5.82 Å². The molecule has 0 unspecified atom stereocenters. The Morgan fingerprint density at radius 2 is 2.26 bits per heavy atom. The summed E-state index contributed by atoms with van der Waals surface area (Å²) in [6.45, 7) is 1.51. The highest BCUT2D eigenvalue weighted by Gasteiger charge is 2.30. The number of furan rings is 1. The molecule has 1 aliphatic carbocycles. The van der Waals surface area contributed by atoms with Crippen LogP contribution in [0.1, 0.15) is 24.3 Å². The Hall–Kier alpha value is -1.88. The molecule has 5 nitrogen and oxygen atoms in total. The van der Waals surface area contributed by atoms with Crippen LogP contribution in [0.4, 0.5) is 5.82 Å². The van der Waals surface area contributed by atoms with Gasteiger partial charge in [0.1, 0.15) is 11.6 Å². The highest BCUT2D eigenvalue weighted by Crippen LogP contribution is 2.31. The van der Waals surface area contributed by atoms with Gasteiger partial charge in [-0.2, -0.15) is 0 Å². The third-order valence-electron chi connectivity index (χ3n) is 3.24. The zero-order valence-corrected chi connectivity index (χ0v) is 11.0. The predicted molar refractivity (Wildman–Crippen MR) is 72.7 cm³/mol. The van der Waals surface area contributed by atoms with E-state index in [4.69, 9.17) is 4.42 Å². The van der Waals surface area contributed by atoms with Gasteiger partial charge in [0.15, 0.2) is 0 Å². The van der Waals surface area contributed by atoms with Gasteiger partial charge in [0.05, 0.1) is 30.9 Å². The summed E-state index contributed by atoms with van der Waals surface area (Å²) in [5.74, 6) is 1.90. The van der Waals surface area contributed by atoms with Crippen LogP contribution in [0.15, 0.2) is 35.2 Å². The second-order valence-electron chi connectivity index (χ2n) is 4.83. The highest BCUT2D eigenvalue weighted by atomic mass is 16.3. The highest BCUT2D eigenvalue weighted by molar-refractivity contribution is 5.39. The van der Waals surface area contributed by atoms with Gasteiger partial charge in [-0.3, -0.25) is 4.98 Å². The smallest absolute Gasteiger partial charge is 0.147 e. The van der Waals surface area contributed by atoms with E-state index in [0.717, 1.165) is 30.4 Å². The van der Waals surface area contributed by atoms with Crippen molar-refractivity contribution in [3.63, 3.8) is 0 Å². The molecule has 19 heavy (non-hydrogen) atoms. The molecule has 0 saturated heterocycles. The van der Waals surface area contributed by atoms with Gasteiger partial charge < -0.3 is 14.6 Å². The molecule has 100 valence electrons. The summed E-state index contributed by atoms with van der Waals surface area (Å²) in [6, 6.07) is 4.50. The lowest BCUT2D eigenvalue weighted by atomic mass is 10.3. The van der Waals surface area contributed by atoms with Gasteiger partial charge in [-0.25, -0.2) is 4.98 Å². The van der Waals surface area contributed by atoms with E-state index in [1.54, 1.807) is 6.26 Å². The molecule has 0 radical (unpaired) electrons. The largest absolute Gasteiger partial charge is 0.467 e. The van der Waals surface area contributed by atoms with E-state index in [-0.39, 0.29) is 0 Å². The molecule has 0 spiro atoms. The van der Waals surface area contributed by atoms with Crippen LogP contribution >= 0.6 is 0 Å². The standard InChI is InChI=1S/C14H18N4O/c1-15-7-11-8-17-14(9-16-11)18(12-4-5-12)10-13-3-2-6-19-13/h2-3,6,8-9,12,15H,4-5,7,10H2,1H3. The molecular weight excluding hydrogens is 240 g/mol. The number of hydrogen-bond acceptors (Lipinski definition) is 5. The van der Waals surface area contributed by atoms with Gasteiger partial charge in [0.2, 0.25) is 0 Å². The average molecular weight is 258 g/mol. The summed E-state index contributed by atoms with van der Waals surface area (Å²) >= 11 is 0. The molecular formula is C14H18N4O. The Morgan fingerprint density at radius 1 is 1.37 bits per heavy atom. The second kappa shape index (κ2) is 5.40. The number of nitrogens with one attached hydrogen (secondary N) is 1. The first-order valence-electron chi connectivity index (χ1n) is 6.61. The summed E-state index contributed by atoms with van der Waals surface area (Å²) < 4.78 is 5.43. The second-order valence-corrected chi connectivity index (χ2v) is 4.83. The van der Waals surface area contributed by atoms with Gasteiger partial charge in [-0.05, 0) is 32.0 Å². The Morgan fingerprint density at radius 3 is 2.84 bits per heavy atom. The molecule has 1 fully saturated rings. The molecule has 0 bridgehead atoms. The van der Waals surface area contributed by atoms with E-state index in [2.05, 4.69) is 20.2 Å². The molecule has 1 aliphatic rings. The van der Waals surface area contributed by atoms with Crippen molar-refractivity contribution in [3.05, 3.63) is 42.2 Å². The van der Waals surface area contributed by atoms with Crippen molar-refractivity contribution in [2.24, 2.45) is 0 Å². The van der Waals surface area contributed by atoms with Crippen LogP contribution in [0.25, 0.3) is 0 Å². The van der Waals surface area contributed by atoms with Gasteiger partial charge in [-0.15, -0.1) is 0 Å². The summed E-state index contributed by atoms with van der Waals surface area (Å²) in [5.41, 5.74) is 0.958. The van der Waals surface area contributed by atoms with Crippen LogP contribution in [0.5, 0.6) is 0 Å². The predicted octanol–water partition coefficient (Wildman–Crippen LogP) is 1.96. The quantitative estimate of drug-likeness (QED) is 0.858. The van der Waals surface area contributed by atoms with Crippen LogP contribution in [0.3, 0.4) is 0 Å². The summed E-state index contributed by atoms with van der Waals surface area (Å²) in [5, 5.41) is 3.07. The van der Waals surface area contributed by atoms with Gasteiger partial charge >= 0.3 is 0 Å². The topological polar surface area (TPSA) is 54.2 Å². The van der Waals surface area contributed by atoms with Gasteiger partial charge in [-0.1, -0.05) is 0 Å². The van der Waals surface area contributed by atoms with Gasteiger partial charge in [0.25, 0.3) is 0 Å². The molecule has 5 heteroatoms. The van der Waals surface area contributed by atoms with Crippen LogP contribution < -0.4 is 10.2 Å². The van der Waals surface area contributed by atoms with E-state index >= 15 is 0 Å². The third-order valence-corrected chi connectivity index (χ3v) is 3.24. The van der Waals surface area contributed by atoms with E-state index in [1.807, 2.05) is 31.6 Å². The lowest BCUT2D eigenvalue weighted by molar-refractivity contribution is 0.500. The Kier molecular flexibility index (Phi) is 3.46. The summed E-state index contributed by atoms with van der Waals surface area (Å²) in [6.07, 6.45) is 7.85. The van der Waals surface area contributed by atoms with Crippen molar-refractivity contribution in [1.82, 2.24) is 15.3 Å². The maximum atomic E-state index is 5.43. The first-order chi connectivity index (χ1) is 9.36. The van der Waals surface area contributed by atoms with Crippen molar-refractivity contribution in [2.45, 2.75) is 32.0 Å². The number of hydrogen-bond donors (Lipinski definition) is 1. The number of aromatic nitrogens is 2. The Balaban J connectivity index is 1.76. The van der Waals surface area contributed by atoms with Crippen molar-refractivity contribution < 1.29 is 4.42 Å². The van der Waals surface area contributed by atoms with Crippen LogP contribution in [0, 0.1) is 0 Å². The fraction of sp³-hybridized carbons (Fsp3) is 0.429. The molecule has 0 aliphatic heterocycles. The van der Waals surface area contributed by atoms with E-state index in [9.17, 15) is 0 Å². The summed E-state index contributed by atoms with van der Waals surface area (Å²) in [4.78, 5) is 11.2. The normalized spacial score (nSPS) is 14.6. The van der Waals surface area contributed by atoms with Crippen molar-refractivity contribution in [2.75, 3.05) is 11.9 Å². The third kappa shape index (κ3) is 2.93. The molecule has 1 saturated carbocycles. The lowest BCUT2D eigenvalue weighted by Gasteiger charge is -2.22. The maximum absolute atomic E-state index is 5.43. The molecule has 3 rings (SSSR count). The minimum absolute atomic E-state index is 0.578. The SMILES string of the molecule is CNCc1cnc(N(Cc2ccco2)C2CC2)cn1. The molecule has 2 heterocycles. The van der Waals surface area contributed by atoms with Gasteiger partial charge in [0, 0.05) is 12.6 Å². The van der Waals surface area contributed by atoms with E-state index in [0.29, 0.717) is 6.04 Å². The fourth-order valence-corrected chi connectivity index (χ4v) is 2.12. The van der Waals surface area contributed by atoms with Crippen molar-refractivity contribution in [1.29, 1.82) is 0 Å². The monoisotopic (exact) mass is 258 g/mol. The minimum atomic E-state index is 0.578. The first-order valence-corrected chi connectivity index (χ1v) is 6.61. The van der Waals surface area contributed by atoms with E-state index < -0.39 is 0 Å². The maximum Gasteiger partial charge on any atom is 0.147 e. The molecule has 0 amide bonds. The Labute approximate surface area is 112 Å². The zero-order valence-electron chi connectivity index (χ0n) is 11.0. The number of anilines is 1.